The van der Waals surface area contributed by atoms with Crippen LogP contribution in [0.25, 0.3) is 0 Å². The number of carbonyl (C=O) groups excluding carboxylic acids is 1. The first-order chi connectivity index (χ1) is 47.3. The lowest BCUT2D eigenvalue weighted by molar-refractivity contribution is -0.379. The fourth-order valence-electron chi connectivity index (χ4n) is 13.5. The maximum atomic E-state index is 13.5. The van der Waals surface area contributed by atoms with E-state index < -0.39 is 124 Å². The van der Waals surface area contributed by atoms with Gasteiger partial charge in [-0.1, -0.05) is 307 Å². The van der Waals surface area contributed by atoms with E-state index in [1.165, 1.54) is 244 Å². The molecule has 0 aromatic carbocycles. The fourth-order valence-corrected chi connectivity index (χ4v) is 13.5. The van der Waals surface area contributed by atoms with Crippen LogP contribution in [0, 0.1) is 0 Å². The summed E-state index contributed by atoms with van der Waals surface area (Å²) in [6, 6.07) is -0.996. The fraction of sp³-hybridized carbons (Fsp3) is 0.910. The molecule has 3 fully saturated rings. The number of hydrogen-bond acceptors (Lipinski definition) is 18. The largest absolute Gasteiger partial charge is 0.394 e. The molecule has 97 heavy (non-hydrogen) atoms. The van der Waals surface area contributed by atoms with Crippen LogP contribution in [-0.4, -0.2) is 193 Å². The third kappa shape index (κ3) is 40.0. The number of aliphatic hydroxyl groups is 11. The molecule has 3 rings (SSSR count). The summed E-state index contributed by atoms with van der Waals surface area (Å²) in [5.41, 5.74) is 0. The Morgan fingerprint density at radius 2 is 0.660 bits per heavy atom. The average Bonchev–Trinajstić information content (AvgIpc) is 0.789. The summed E-state index contributed by atoms with van der Waals surface area (Å²) in [4.78, 5) is 13.5. The Morgan fingerprint density at radius 1 is 0.361 bits per heavy atom. The Balaban J connectivity index is 1.40. The topological polar surface area (TPSA) is 307 Å². The molecule has 0 bridgehead atoms. The van der Waals surface area contributed by atoms with Crippen LogP contribution in [-0.2, 0) is 33.2 Å². The van der Waals surface area contributed by atoms with E-state index in [4.69, 9.17) is 28.4 Å². The number of hydrogen-bond donors (Lipinski definition) is 12. The molecule has 12 N–H and O–H groups in total. The highest BCUT2D eigenvalue weighted by Gasteiger charge is 2.53. The molecule has 570 valence electrons. The molecule has 0 aliphatic carbocycles. The molecule has 3 heterocycles. The minimum atomic E-state index is -1.98. The Kier molecular flexibility index (Phi) is 54.6. The van der Waals surface area contributed by atoms with Crippen molar-refractivity contribution in [1.82, 2.24) is 5.32 Å². The minimum absolute atomic E-state index is 0.236. The second kappa shape index (κ2) is 59.4. The number of unbranched alkanes of at least 4 members (excludes halogenated alkanes) is 43. The number of amides is 1. The van der Waals surface area contributed by atoms with Gasteiger partial charge in [0.05, 0.1) is 38.6 Å². The summed E-state index contributed by atoms with van der Waals surface area (Å²) < 4.78 is 34.4. The van der Waals surface area contributed by atoms with Gasteiger partial charge in [-0.2, -0.15) is 0 Å². The minimum Gasteiger partial charge on any atom is -0.394 e. The predicted molar refractivity (Wildman–Crippen MR) is 383 cm³/mol. The summed E-state index contributed by atoms with van der Waals surface area (Å²) in [5, 5.41) is 121. The average molecular weight is 1390 g/mol. The molecule has 17 unspecified atom stereocenters. The molecule has 0 aromatic heterocycles. The van der Waals surface area contributed by atoms with E-state index in [1.54, 1.807) is 6.08 Å². The summed E-state index contributed by atoms with van der Waals surface area (Å²) in [6.07, 6.45) is 45.7. The van der Waals surface area contributed by atoms with Gasteiger partial charge in [-0.05, 0) is 44.9 Å². The molecule has 0 aromatic rings. The van der Waals surface area contributed by atoms with E-state index in [2.05, 4.69) is 43.5 Å². The maximum Gasteiger partial charge on any atom is 0.220 e. The molecular weight excluding hydrogens is 1240 g/mol. The Morgan fingerprint density at radius 3 is 1.03 bits per heavy atom. The van der Waals surface area contributed by atoms with Crippen LogP contribution in [0.5, 0.6) is 0 Å². The number of ether oxygens (including phenoxy) is 6. The zero-order valence-corrected chi connectivity index (χ0v) is 60.8. The summed E-state index contributed by atoms with van der Waals surface area (Å²) in [5.74, 6) is -0.283. The normalized spacial score (nSPS) is 27.0. The van der Waals surface area contributed by atoms with Crippen LogP contribution in [0.3, 0.4) is 0 Å². The van der Waals surface area contributed by atoms with Crippen molar-refractivity contribution < 1.29 is 89.4 Å². The lowest BCUT2D eigenvalue weighted by Gasteiger charge is -2.48. The van der Waals surface area contributed by atoms with Gasteiger partial charge in [-0.25, -0.2) is 0 Å². The monoisotopic (exact) mass is 1380 g/mol. The molecule has 19 nitrogen and oxygen atoms in total. The van der Waals surface area contributed by atoms with Crippen molar-refractivity contribution in [2.45, 2.75) is 426 Å². The smallest absolute Gasteiger partial charge is 0.220 e. The zero-order chi connectivity index (χ0) is 70.4. The van der Waals surface area contributed by atoms with Gasteiger partial charge >= 0.3 is 0 Å². The zero-order valence-electron chi connectivity index (χ0n) is 60.8. The van der Waals surface area contributed by atoms with Gasteiger partial charge in [0.1, 0.15) is 73.2 Å². The lowest BCUT2D eigenvalue weighted by atomic mass is 9.96. The number of allylic oxidation sites excluding steroid dienone is 5. The van der Waals surface area contributed by atoms with E-state index in [1.807, 2.05) is 6.08 Å². The van der Waals surface area contributed by atoms with E-state index in [9.17, 15) is 61.0 Å². The Labute approximate surface area is 587 Å². The van der Waals surface area contributed by atoms with Crippen molar-refractivity contribution in [3.63, 3.8) is 0 Å². The standard InChI is InChI=1S/C78H145NO18/c1-3-5-7-9-11-13-15-17-19-21-23-25-27-29-31-33-35-37-39-41-43-45-47-49-51-53-55-62(83)61(79-66(84)56-54-52-50-48-46-44-42-40-38-36-34-32-30-28-26-24-22-20-18-16-14-12-10-8-6-4-2)60-92-76-72(90)69(87)74(64(58-81)94-76)97-78-73(91)70(88)75(65(59-82)95-78)96-77-71(89)68(86)67(85)63(57-80)93-77/h37,39,45,47,53,55,61-65,67-78,80-83,85-91H,3-36,38,40-44,46,48-52,54,56-60H2,1-2H3,(H,79,84)/b39-37+,47-45+,55-53+. The van der Waals surface area contributed by atoms with E-state index in [0.29, 0.717) is 12.8 Å². The number of carbonyl (C=O) groups is 1. The SMILES string of the molecule is CCCCCCCCCCCCCCCCCC/C=C/CC/C=C/CC/C=C/C(O)C(COC1OC(CO)C(OC2OC(CO)C(OC3OC(CO)C(O)C(O)C3O)C(O)C2O)C(O)C1O)NC(=O)CCCCCCCCCCCCCCCCCCCCCCCCCCCC. The van der Waals surface area contributed by atoms with Gasteiger partial charge in [-0.3, -0.25) is 4.79 Å². The Bertz CT molecular complexity index is 1900. The number of rotatable bonds is 63. The molecule has 17 atom stereocenters. The van der Waals surface area contributed by atoms with Gasteiger partial charge in [0, 0.05) is 6.42 Å². The van der Waals surface area contributed by atoms with Crippen molar-refractivity contribution in [1.29, 1.82) is 0 Å². The first kappa shape index (κ1) is 89.2. The van der Waals surface area contributed by atoms with Crippen LogP contribution in [0.1, 0.15) is 322 Å². The van der Waals surface area contributed by atoms with E-state index in [-0.39, 0.29) is 18.9 Å². The van der Waals surface area contributed by atoms with E-state index in [0.717, 1.165) is 44.9 Å². The van der Waals surface area contributed by atoms with Gasteiger partial charge in [0.2, 0.25) is 5.91 Å². The predicted octanol–water partition coefficient (Wildman–Crippen LogP) is 12.7. The molecule has 0 saturated carbocycles. The van der Waals surface area contributed by atoms with Crippen LogP contribution >= 0.6 is 0 Å². The third-order valence-electron chi connectivity index (χ3n) is 19.9. The van der Waals surface area contributed by atoms with Gasteiger partial charge in [0.25, 0.3) is 0 Å². The van der Waals surface area contributed by atoms with Crippen molar-refractivity contribution >= 4 is 5.91 Å². The van der Waals surface area contributed by atoms with Crippen molar-refractivity contribution in [3.8, 4) is 0 Å². The molecule has 0 spiro atoms. The summed E-state index contributed by atoms with van der Waals surface area (Å²) in [6.45, 7) is 1.76. The second-order valence-corrected chi connectivity index (χ2v) is 28.5. The first-order valence-corrected chi connectivity index (χ1v) is 39.7. The molecule has 0 radical (unpaired) electrons. The number of nitrogens with one attached hydrogen (secondary N) is 1. The first-order valence-electron chi connectivity index (χ1n) is 39.7. The quantitative estimate of drug-likeness (QED) is 0.0199. The lowest BCUT2D eigenvalue weighted by Crippen LogP contribution is -2.66. The van der Waals surface area contributed by atoms with Crippen LogP contribution in [0.2, 0.25) is 0 Å². The Hall–Kier alpha value is -1.99. The second-order valence-electron chi connectivity index (χ2n) is 28.5. The summed E-state index contributed by atoms with van der Waals surface area (Å²) in [7, 11) is 0. The van der Waals surface area contributed by atoms with Crippen molar-refractivity contribution in [2.75, 3.05) is 26.4 Å². The van der Waals surface area contributed by atoms with Gasteiger partial charge in [-0.15, -0.1) is 0 Å². The van der Waals surface area contributed by atoms with E-state index >= 15 is 0 Å². The molecular formula is C78H145NO18. The van der Waals surface area contributed by atoms with Crippen LogP contribution in [0.15, 0.2) is 36.5 Å². The van der Waals surface area contributed by atoms with Gasteiger partial charge in [0.15, 0.2) is 18.9 Å². The highest BCUT2D eigenvalue weighted by molar-refractivity contribution is 5.76. The molecule has 3 aliphatic rings. The molecule has 19 heteroatoms. The molecule has 1 amide bonds. The number of aliphatic hydroxyl groups excluding tert-OH is 11. The van der Waals surface area contributed by atoms with Gasteiger partial charge < -0.3 is 89.9 Å². The van der Waals surface area contributed by atoms with Crippen molar-refractivity contribution in [3.05, 3.63) is 36.5 Å². The third-order valence-corrected chi connectivity index (χ3v) is 19.9. The summed E-state index contributed by atoms with van der Waals surface area (Å²) >= 11 is 0. The van der Waals surface area contributed by atoms with Crippen molar-refractivity contribution in [2.24, 2.45) is 0 Å². The molecule has 3 saturated heterocycles. The van der Waals surface area contributed by atoms with Crippen LogP contribution in [0.4, 0.5) is 0 Å². The van der Waals surface area contributed by atoms with Crippen LogP contribution < -0.4 is 5.32 Å². The highest BCUT2D eigenvalue weighted by Crippen LogP contribution is 2.33. The molecule has 3 aliphatic heterocycles. The maximum absolute atomic E-state index is 13.5. The highest BCUT2D eigenvalue weighted by atomic mass is 16.8.